The molecule has 12 heavy (non-hydrogen) atoms. The molecular weight excluding hydrogens is 186 g/mol. The second kappa shape index (κ2) is 4.96. The summed E-state index contributed by atoms with van der Waals surface area (Å²) in [5.74, 6) is 0. The van der Waals surface area contributed by atoms with E-state index in [2.05, 4.69) is 5.32 Å². The fraction of sp³-hybridized carbons (Fsp3) is 1.00. The number of nitrogens with one attached hydrogen (secondary N) is 1. The normalized spacial score (nSPS) is 43.0. The zero-order valence-electron chi connectivity index (χ0n) is 6.42. The van der Waals surface area contributed by atoms with Crippen LogP contribution in [-0.2, 0) is 0 Å². The lowest BCUT2D eigenvalue weighted by Crippen LogP contribution is -2.43. The van der Waals surface area contributed by atoms with E-state index in [-0.39, 0.29) is 25.5 Å². The van der Waals surface area contributed by atoms with Crippen LogP contribution in [0.25, 0.3) is 0 Å². The van der Waals surface area contributed by atoms with Crippen LogP contribution in [-0.4, -0.2) is 57.9 Å². The van der Waals surface area contributed by atoms with E-state index in [1.54, 1.807) is 0 Å². The summed E-state index contributed by atoms with van der Waals surface area (Å²) in [6, 6.07) is 0. The third-order valence-corrected chi connectivity index (χ3v) is 1.85. The Labute approximate surface area is 76.4 Å². The van der Waals surface area contributed by atoms with E-state index in [9.17, 15) is 0 Å². The minimum Gasteiger partial charge on any atom is -0.389 e. The van der Waals surface area contributed by atoms with Crippen LogP contribution in [0, 0.1) is 0 Å². The fourth-order valence-corrected chi connectivity index (χ4v) is 1.08. The number of hydrogen-bond donors (Lipinski definition) is 5. The Kier molecular flexibility index (Phi) is 5.00. The standard InChI is InChI=1S/C6H13NO4.ClH/c8-3-1-7-2-4(9)6(11)5(3)10;/h3-11H,1-2H2;1H/t3-,4-,5-,6-;/m0./s1. The smallest absolute Gasteiger partial charge is 0.110 e. The minimum atomic E-state index is -1.26. The van der Waals surface area contributed by atoms with Gasteiger partial charge in [0, 0.05) is 13.1 Å². The first-order valence-corrected chi connectivity index (χ1v) is 3.56. The molecule has 0 saturated carbocycles. The van der Waals surface area contributed by atoms with Gasteiger partial charge in [-0.25, -0.2) is 0 Å². The van der Waals surface area contributed by atoms with E-state index in [1.807, 2.05) is 0 Å². The molecule has 6 heteroatoms. The number of aliphatic hydroxyl groups excluding tert-OH is 4. The van der Waals surface area contributed by atoms with Crippen LogP contribution in [0.5, 0.6) is 0 Å². The van der Waals surface area contributed by atoms with Crippen molar-refractivity contribution in [2.45, 2.75) is 24.4 Å². The Balaban J connectivity index is 0.00000121. The van der Waals surface area contributed by atoms with Gasteiger partial charge < -0.3 is 25.7 Å². The van der Waals surface area contributed by atoms with E-state index in [4.69, 9.17) is 20.4 Å². The first-order valence-electron chi connectivity index (χ1n) is 3.56. The van der Waals surface area contributed by atoms with E-state index in [0.29, 0.717) is 0 Å². The van der Waals surface area contributed by atoms with Crippen molar-refractivity contribution in [1.29, 1.82) is 0 Å². The average molecular weight is 200 g/mol. The van der Waals surface area contributed by atoms with Crippen molar-refractivity contribution in [1.82, 2.24) is 5.32 Å². The molecular formula is C6H14ClNO4. The van der Waals surface area contributed by atoms with Gasteiger partial charge in [0.2, 0.25) is 0 Å². The van der Waals surface area contributed by atoms with Gasteiger partial charge in [-0.05, 0) is 0 Å². The molecule has 4 atom stereocenters. The molecule has 0 aromatic rings. The second-order valence-corrected chi connectivity index (χ2v) is 2.77. The number of hydrogen-bond acceptors (Lipinski definition) is 5. The Bertz CT molecular complexity index is 123. The highest BCUT2D eigenvalue weighted by atomic mass is 35.5. The fourth-order valence-electron chi connectivity index (χ4n) is 1.08. The van der Waals surface area contributed by atoms with Gasteiger partial charge in [-0.1, -0.05) is 0 Å². The van der Waals surface area contributed by atoms with Crippen molar-refractivity contribution in [3.05, 3.63) is 0 Å². The molecule has 1 aliphatic heterocycles. The van der Waals surface area contributed by atoms with Crippen LogP contribution in [0.2, 0.25) is 0 Å². The summed E-state index contributed by atoms with van der Waals surface area (Å²) in [6.07, 6.45) is -4.55. The summed E-state index contributed by atoms with van der Waals surface area (Å²) < 4.78 is 0. The van der Waals surface area contributed by atoms with Gasteiger partial charge in [-0.2, -0.15) is 0 Å². The molecule has 1 fully saturated rings. The molecule has 5 N–H and O–H groups in total. The quantitative estimate of drug-likeness (QED) is 0.296. The summed E-state index contributed by atoms with van der Waals surface area (Å²) >= 11 is 0. The molecule has 0 amide bonds. The largest absolute Gasteiger partial charge is 0.389 e. The van der Waals surface area contributed by atoms with Crippen LogP contribution in [0.15, 0.2) is 0 Å². The summed E-state index contributed by atoms with van der Waals surface area (Å²) in [4.78, 5) is 0. The van der Waals surface area contributed by atoms with E-state index < -0.39 is 24.4 Å². The Morgan fingerprint density at radius 3 is 1.50 bits per heavy atom. The first-order chi connectivity index (χ1) is 5.13. The molecule has 0 spiro atoms. The average Bonchev–Trinajstić information content (AvgIpc) is 2.07. The molecule has 1 rings (SSSR count). The van der Waals surface area contributed by atoms with Gasteiger partial charge in [0.05, 0.1) is 12.2 Å². The number of halogens is 1. The highest BCUT2D eigenvalue weighted by molar-refractivity contribution is 5.85. The van der Waals surface area contributed by atoms with Gasteiger partial charge in [-0.3, -0.25) is 0 Å². The number of rotatable bonds is 0. The molecule has 74 valence electrons. The monoisotopic (exact) mass is 199 g/mol. The lowest BCUT2D eigenvalue weighted by atomic mass is 10.1. The van der Waals surface area contributed by atoms with Gasteiger partial charge in [0.15, 0.2) is 0 Å². The minimum absolute atomic E-state index is 0. The van der Waals surface area contributed by atoms with Crippen LogP contribution in [0.3, 0.4) is 0 Å². The van der Waals surface area contributed by atoms with E-state index >= 15 is 0 Å². The topological polar surface area (TPSA) is 93.0 Å². The Morgan fingerprint density at radius 2 is 1.17 bits per heavy atom. The van der Waals surface area contributed by atoms with Gasteiger partial charge in [-0.15, -0.1) is 12.4 Å². The number of β-amino-alcohol motifs (C(OH)–C–C–N with tert-alkyl or cyclic N) is 2. The molecule has 0 aliphatic carbocycles. The van der Waals surface area contributed by atoms with Crippen molar-refractivity contribution in [2.24, 2.45) is 0 Å². The molecule has 1 saturated heterocycles. The van der Waals surface area contributed by atoms with Gasteiger partial charge in [0.25, 0.3) is 0 Å². The molecule has 0 unspecified atom stereocenters. The second-order valence-electron chi connectivity index (χ2n) is 2.77. The maximum absolute atomic E-state index is 9.10. The van der Waals surface area contributed by atoms with Crippen LogP contribution < -0.4 is 5.32 Å². The number of aliphatic hydroxyl groups is 4. The first kappa shape index (κ1) is 12.1. The third-order valence-electron chi connectivity index (χ3n) is 1.85. The molecule has 1 aliphatic rings. The molecule has 0 aromatic heterocycles. The zero-order valence-corrected chi connectivity index (χ0v) is 7.24. The third kappa shape index (κ3) is 2.55. The van der Waals surface area contributed by atoms with E-state index in [1.165, 1.54) is 0 Å². The van der Waals surface area contributed by atoms with Crippen molar-refractivity contribution in [3.8, 4) is 0 Å². The van der Waals surface area contributed by atoms with E-state index in [0.717, 1.165) is 0 Å². The predicted molar refractivity (Wildman–Crippen MR) is 44.1 cm³/mol. The summed E-state index contributed by atoms with van der Waals surface area (Å²) in [5.41, 5.74) is 0. The SMILES string of the molecule is Cl.O[C@@H]1[C@@H](O)[C@@H](O)CNC[C@@H]1O. The molecule has 1 heterocycles. The van der Waals surface area contributed by atoms with Crippen molar-refractivity contribution in [3.63, 3.8) is 0 Å². The van der Waals surface area contributed by atoms with Gasteiger partial charge in [0.1, 0.15) is 12.2 Å². The van der Waals surface area contributed by atoms with Crippen LogP contribution in [0.1, 0.15) is 0 Å². The summed E-state index contributed by atoms with van der Waals surface area (Å²) in [5, 5.41) is 39.0. The van der Waals surface area contributed by atoms with Crippen molar-refractivity contribution >= 4 is 12.4 Å². The van der Waals surface area contributed by atoms with Crippen molar-refractivity contribution < 1.29 is 20.4 Å². The summed E-state index contributed by atoms with van der Waals surface area (Å²) in [7, 11) is 0. The summed E-state index contributed by atoms with van der Waals surface area (Å²) in [6.45, 7) is 0.380. The van der Waals surface area contributed by atoms with Crippen LogP contribution >= 0.6 is 12.4 Å². The van der Waals surface area contributed by atoms with Gasteiger partial charge >= 0.3 is 0 Å². The maximum Gasteiger partial charge on any atom is 0.110 e. The molecule has 0 radical (unpaired) electrons. The lowest BCUT2D eigenvalue weighted by molar-refractivity contribution is -0.0894. The molecule has 5 nitrogen and oxygen atoms in total. The molecule has 0 bridgehead atoms. The van der Waals surface area contributed by atoms with Crippen LogP contribution in [0.4, 0.5) is 0 Å². The highest BCUT2D eigenvalue weighted by Crippen LogP contribution is 2.07. The predicted octanol–water partition coefficient (Wildman–Crippen LogP) is -2.54. The van der Waals surface area contributed by atoms with Crippen molar-refractivity contribution in [2.75, 3.05) is 13.1 Å². The lowest BCUT2D eigenvalue weighted by Gasteiger charge is -2.21. The Hall–Kier alpha value is 0.0900. The zero-order chi connectivity index (χ0) is 8.43. The Morgan fingerprint density at radius 1 is 0.833 bits per heavy atom. The maximum atomic E-state index is 9.10. The highest BCUT2D eigenvalue weighted by Gasteiger charge is 2.32. The molecule has 0 aromatic carbocycles.